The zero-order valence-electron chi connectivity index (χ0n) is 20.4. The molecule has 2 fully saturated rings. The molecule has 8 heteroatoms. The molecule has 2 unspecified atom stereocenters. The number of carbonyl (C=O) groups excluding carboxylic acids is 3. The molecule has 36 heavy (non-hydrogen) atoms. The van der Waals surface area contributed by atoms with E-state index in [1.165, 1.54) is 0 Å². The molecule has 3 N–H and O–H groups in total. The van der Waals surface area contributed by atoms with Gasteiger partial charge in [-0.3, -0.25) is 19.2 Å². The van der Waals surface area contributed by atoms with Crippen molar-refractivity contribution in [2.75, 3.05) is 0 Å². The second kappa shape index (κ2) is 11.4. The fourth-order valence-corrected chi connectivity index (χ4v) is 4.94. The van der Waals surface area contributed by atoms with Gasteiger partial charge in [0.1, 0.15) is 0 Å². The van der Waals surface area contributed by atoms with Crippen LogP contribution in [0.5, 0.6) is 0 Å². The summed E-state index contributed by atoms with van der Waals surface area (Å²) in [6.07, 6.45) is 4.09. The van der Waals surface area contributed by atoms with E-state index in [0.717, 1.165) is 34.6 Å². The van der Waals surface area contributed by atoms with Crippen LogP contribution >= 0.6 is 31.9 Å². The van der Waals surface area contributed by atoms with E-state index in [9.17, 15) is 24.3 Å². The molecule has 2 aromatic carbocycles. The predicted octanol–water partition coefficient (Wildman–Crippen LogP) is 6.45. The van der Waals surface area contributed by atoms with Gasteiger partial charge in [-0.1, -0.05) is 63.0 Å². The van der Waals surface area contributed by atoms with Gasteiger partial charge in [-0.15, -0.1) is 0 Å². The van der Waals surface area contributed by atoms with Crippen molar-refractivity contribution in [1.29, 1.82) is 0 Å². The van der Waals surface area contributed by atoms with Crippen molar-refractivity contribution in [2.45, 2.75) is 52.4 Å². The molecular formula is C28H31Br2NO5. The maximum atomic E-state index is 12.2. The summed E-state index contributed by atoms with van der Waals surface area (Å²) in [6, 6.07) is 14.2. The van der Waals surface area contributed by atoms with Gasteiger partial charge in [-0.25, -0.2) is 0 Å². The van der Waals surface area contributed by atoms with Gasteiger partial charge < -0.3 is 10.8 Å². The molecule has 0 spiro atoms. The molecule has 0 aliphatic heterocycles. The highest BCUT2D eigenvalue weighted by atomic mass is 79.9. The zero-order valence-corrected chi connectivity index (χ0v) is 23.6. The Hall–Kier alpha value is -2.32. The number of halogens is 2. The lowest BCUT2D eigenvalue weighted by atomic mass is 9.78. The number of benzene rings is 2. The second-order valence-corrected chi connectivity index (χ2v) is 12.1. The van der Waals surface area contributed by atoms with Crippen LogP contribution in [0.3, 0.4) is 0 Å². The summed E-state index contributed by atoms with van der Waals surface area (Å²) in [7, 11) is 0. The number of carboxylic acids is 1. The van der Waals surface area contributed by atoms with Crippen LogP contribution in [-0.2, 0) is 9.59 Å². The highest BCUT2D eigenvalue weighted by Gasteiger charge is 2.49. The average Bonchev–Trinajstić information content (AvgIpc) is 3.72. The molecule has 192 valence electrons. The number of ketones is 2. The summed E-state index contributed by atoms with van der Waals surface area (Å²) in [5.74, 6) is -0.926. The Labute approximate surface area is 228 Å². The van der Waals surface area contributed by atoms with Gasteiger partial charge in [0.05, 0.1) is 10.8 Å². The molecule has 6 nitrogen and oxygen atoms in total. The minimum absolute atomic E-state index is 0.0179. The van der Waals surface area contributed by atoms with E-state index in [-0.39, 0.29) is 42.2 Å². The van der Waals surface area contributed by atoms with Gasteiger partial charge in [0, 0.05) is 32.9 Å². The van der Waals surface area contributed by atoms with Crippen LogP contribution in [0.25, 0.3) is 0 Å². The van der Waals surface area contributed by atoms with Gasteiger partial charge in [-0.05, 0) is 68.7 Å². The van der Waals surface area contributed by atoms with Crippen molar-refractivity contribution >= 4 is 55.3 Å². The van der Waals surface area contributed by atoms with Crippen LogP contribution in [0, 0.1) is 22.7 Å². The monoisotopic (exact) mass is 619 g/mol. The highest BCUT2D eigenvalue weighted by molar-refractivity contribution is 9.10. The first kappa shape index (κ1) is 28.3. The largest absolute Gasteiger partial charge is 0.481 e. The van der Waals surface area contributed by atoms with Crippen molar-refractivity contribution in [3.05, 3.63) is 68.6 Å². The number of nitrogens with two attached hydrogens (primary N) is 1. The maximum Gasteiger partial charge on any atom is 0.310 e. The summed E-state index contributed by atoms with van der Waals surface area (Å²) < 4.78 is 1.83. The molecule has 2 atom stereocenters. The number of Topliss-reactive ketones (excluding diaryl/α,β-unsaturated/α-hetero) is 2. The molecule has 0 heterocycles. The van der Waals surface area contributed by atoms with E-state index >= 15 is 0 Å². The van der Waals surface area contributed by atoms with E-state index in [1.807, 2.05) is 19.1 Å². The van der Waals surface area contributed by atoms with Crippen molar-refractivity contribution in [3.8, 4) is 0 Å². The quantitative estimate of drug-likeness (QED) is 0.296. The predicted molar refractivity (Wildman–Crippen MR) is 145 cm³/mol. The van der Waals surface area contributed by atoms with Crippen molar-refractivity contribution in [3.63, 3.8) is 0 Å². The van der Waals surface area contributed by atoms with Crippen LogP contribution in [0.4, 0.5) is 0 Å². The second-order valence-electron chi connectivity index (χ2n) is 10.3. The van der Waals surface area contributed by atoms with E-state index in [2.05, 4.69) is 31.9 Å². The van der Waals surface area contributed by atoms with E-state index in [1.54, 1.807) is 43.3 Å². The van der Waals surface area contributed by atoms with Gasteiger partial charge in [0.25, 0.3) is 0 Å². The fraction of sp³-hybridized carbons (Fsp3) is 0.429. The molecule has 4 rings (SSSR count). The number of rotatable bonds is 10. The number of carboxylic acid groups (broad SMARTS) is 1. The Morgan fingerprint density at radius 3 is 1.39 bits per heavy atom. The van der Waals surface area contributed by atoms with Gasteiger partial charge in [0.2, 0.25) is 5.91 Å². The zero-order chi connectivity index (χ0) is 26.7. The molecule has 1 amide bonds. The summed E-state index contributed by atoms with van der Waals surface area (Å²) in [5.41, 5.74) is 5.07. The molecule has 0 radical (unpaired) electrons. The Kier molecular flexibility index (Phi) is 8.93. The van der Waals surface area contributed by atoms with Crippen LogP contribution in [0.2, 0.25) is 0 Å². The number of hydrogen-bond acceptors (Lipinski definition) is 4. The average molecular weight is 621 g/mol. The molecule has 0 saturated heterocycles. The van der Waals surface area contributed by atoms with Crippen LogP contribution < -0.4 is 5.73 Å². The Bertz CT molecular complexity index is 1050. The molecule has 2 aromatic rings. The lowest BCUT2D eigenvalue weighted by Gasteiger charge is -2.24. The summed E-state index contributed by atoms with van der Waals surface area (Å²) in [6.45, 7) is 3.49. The number of aliphatic carboxylic acids is 1. The molecule has 2 aliphatic carbocycles. The van der Waals surface area contributed by atoms with Gasteiger partial charge >= 0.3 is 5.97 Å². The number of carbonyl (C=O) groups is 4. The molecule has 0 bridgehead atoms. The number of hydrogen-bond donors (Lipinski definition) is 2. The fourth-order valence-electron chi connectivity index (χ4n) is 4.41. The van der Waals surface area contributed by atoms with E-state index < -0.39 is 16.8 Å². The minimum atomic E-state index is -0.913. The third kappa shape index (κ3) is 6.91. The SMILES string of the molecule is CC(CC(=O)c1ccc(Br)cc1)(C(=O)O)C1CC1.CC(CC(=O)c1ccc(Br)cc1)(C(N)=O)C1CC1. The van der Waals surface area contributed by atoms with Crippen molar-refractivity contribution < 1.29 is 24.3 Å². The van der Waals surface area contributed by atoms with E-state index in [0.29, 0.717) is 11.1 Å². The third-order valence-corrected chi connectivity index (χ3v) is 8.45. The number of amides is 1. The topological polar surface area (TPSA) is 115 Å². The van der Waals surface area contributed by atoms with Crippen LogP contribution in [0.1, 0.15) is 73.1 Å². The first-order valence-corrected chi connectivity index (χ1v) is 13.6. The number of primary amides is 1. The maximum absolute atomic E-state index is 12.2. The summed E-state index contributed by atoms with van der Waals surface area (Å²) in [4.78, 5) is 47.3. The highest BCUT2D eigenvalue weighted by Crippen LogP contribution is 2.49. The van der Waals surface area contributed by atoms with E-state index in [4.69, 9.17) is 5.73 Å². The summed E-state index contributed by atoms with van der Waals surface area (Å²) in [5, 5.41) is 9.32. The Morgan fingerprint density at radius 2 is 1.08 bits per heavy atom. The Morgan fingerprint density at radius 1 is 0.750 bits per heavy atom. The lowest BCUT2D eigenvalue weighted by Crippen LogP contribution is -2.38. The smallest absolute Gasteiger partial charge is 0.310 e. The lowest BCUT2D eigenvalue weighted by molar-refractivity contribution is -0.149. The third-order valence-electron chi connectivity index (χ3n) is 7.40. The van der Waals surface area contributed by atoms with Crippen LogP contribution in [0.15, 0.2) is 57.5 Å². The molecular weight excluding hydrogens is 590 g/mol. The van der Waals surface area contributed by atoms with Gasteiger partial charge in [-0.2, -0.15) is 0 Å². The Balaban J connectivity index is 0.000000201. The van der Waals surface area contributed by atoms with Gasteiger partial charge in [0.15, 0.2) is 11.6 Å². The first-order chi connectivity index (χ1) is 16.9. The molecule has 2 aliphatic rings. The minimum Gasteiger partial charge on any atom is -0.481 e. The van der Waals surface area contributed by atoms with Crippen molar-refractivity contribution in [1.82, 2.24) is 0 Å². The standard InChI is InChI=1S/C14H16BrNO2.C14H15BrO3/c1-14(13(16)18,10-4-5-10)8-12(17)9-2-6-11(15)7-3-9;1-14(13(17)18,10-4-5-10)8-12(16)9-2-6-11(15)7-3-9/h2-3,6-7,10H,4-5,8H2,1H3,(H2,16,18);2-3,6-7,10H,4-5,8H2,1H3,(H,17,18). The normalized spacial score (nSPS) is 18.1. The summed E-state index contributed by atoms with van der Waals surface area (Å²) >= 11 is 6.63. The van der Waals surface area contributed by atoms with Crippen LogP contribution in [-0.4, -0.2) is 28.5 Å². The molecule has 2 saturated carbocycles. The first-order valence-electron chi connectivity index (χ1n) is 12.0. The molecule has 0 aromatic heterocycles. The van der Waals surface area contributed by atoms with Crippen molar-refractivity contribution in [2.24, 2.45) is 28.4 Å².